The van der Waals surface area contributed by atoms with Gasteiger partial charge in [0.15, 0.2) is 11.2 Å². The molecule has 26 heavy (non-hydrogen) atoms. The van der Waals surface area contributed by atoms with E-state index in [4.69, 9.17) is 4.74 Å². The third-order valence-corrected chi connectivity index (χ3v) is 4.21. The van der Waals surface area contributed by atoms with Gasteiger partial charge in [-0.15, -0.1) is 12.4 Å². The van der Waals surface area contributed by atoms with Gasteiger partial charge in [-0.3, -0.25) is 14.6 Å². The molecule has 1 aliphatic heterocycles. The summed E-state index contributed by atoms with van der Waals surface area (Å²) < 4.78 is 6.54. The zero-order valence-corrected chi connectivity index (χ0v) is 15.8. The number of esters is 1. The van der Waals surface area contributed by atoms with Crippen molar-refractivity contribution in [3.63, 3.8) is 0 Å². The van der Waals surface area contributed by atoms with E-state index < -0.39 is 5.54 Å². The molecule has 0 unspecified atom stereocenters. The first-order valence-electron chi connectivity index (χ1n) is 8.24. The van der Waals surface area contributed by atoms with Crippen molar-refractivity contribution >= 4 is 30.0 Å². The number of H-pyrrole nitrogens is 1. The van der Waals surface area contributed by atoms with Crippen LogP contribution in [-0.2, 0) is 28.0 Å². The number of fused-ring (bicyclic) bond motifs is 1. The van der Waals surface area contributed by atoms with Gasteiger partial charge >= 0.3 is 5.97 Å². The lowest BCUT2D eigenvalue weighted by Crippen LogP contribution is -2.37. The fourth-order valence-corrected chi connectivity index (χ4v) is 2.70. The number of aromatic nitrogens is 4. The minimum Gasteiger partial charge on any atom is -0.464 e. The maximum absolute atomic E-state index is 12.5. The first kappa shape index (κ1) is 19.9. The molecule has 0 aliphatic carbocycles. The Kier molecular flexibility index (Phi) is 6.04. The minimum absolute atomic E-state index is 0. The highest BCUT2D eigenvalue weighted by Gasteiger charge is 2.32. The predicted molar refractivity (Wildman–Crippen MR) is 97.4 cm³/mol. The minimum atomic E-state index is -0.964. The summed E-state index contributed by atoms with van der Waals surface area (Å²) in [6.45, 7) is 6.95. The number of hydrogen-bond acceptors (Lipinski definition) is 6. The van der Waals surface area contributed by atoms with E-state index in [2.05, 4.69) is 25.9 Å². The molecule has 1 amide bonds. The second-order valence-corrected chi connectivity index (χ2v) is 6.36. The Morgan fingerprint density at radius 3 is 2.92 bits per heavy atom. The molecule has 0 aromatic carbocycles. The zero-order valence-electron chi connectivity index (χ0n) is 15.0. The Balaban J connectivity index is 0.00000243. The number of nitrogens with one attached hydrogen (secondary N) is 3. The van der Waals surface area contributed by atoms with Gasteiger partial charge < -0.3 is 15.4 Å². The van der Waals surface area contributed by atoms with E-state index >= 15 is 0 Å². The molecule has 0 bridgehead atoms. The lowest BCUT2D eigenvalue weighted by Gasteiger charge is -2.22. The van der Waals surface area contributed by atoms with Crippen LogP contribution in [0.2, 0.25) is 0 Å². The van der Waals surface area contributed by atoms with E-state index in [1.54, 1.807) is 27.0 Å². The first-order chi connectivity index (χ1) is 11.9. The molecule has 0 radical (unpaired) electrons. The molecule has 9 nitrogen and oxygen atoms in total. The number of anilines is 1. The Morgan fingerprint density at radius 1 is 1.42 bits per heavy atom. The Labute approximate surface area is 157 Å². The number of ether oxygens (including phenoxy) is 1. The topological polar surface area (TPSA) is 114 Å². The SMILES string of the molecule is CCOC(=O)C(C)(C)n1cc(NC(=O)c2n[nH]c3c2CNCC3)cn1.Cl. The van der Waals surface area contributed by atoms with Crippen molar-refractivity contribution in [1.29, 1.82) is 0 Å². The molecule has 142 valence electrons. The van der Waals surface area contributed by atoms with E-state index in [0.717, 1.165) is 24.2 Å². The standard InChI is InChI=1S/C16H22N6O3.ClH/c1-4-25-15(24)16(2,3)22-9-10(7-18-22)19-14(23)13-11-8-17-6-5-12(11)20-21-13;/h7,9,17H,4-6,8H2,1-3H3,(H,19,23)(H,20,21);1H. The van der Waals surface area contributed by atoms with Crippen LogP contribution in [0.1, 0.15) is 42.5 Å². The van der Waals surface area contributed by atoms with Crippen molar-refractivity contribution in [2.45, 2.75) is 39.3 Å². The normalized spacial score (nSPS) is 13.5. The quantitative estimate of drug-likeness (QED) is 0.670. The number of rotatable bonds is 5. The van der Waals surface area contributed by atoms with Gasteiger partial charge in [0.1, 0.15) is 0 Å². The van der Waals surface area contributed by atoms with Gasteiger partial charge in [0, 0.05) is 37.0 Å². The second-order valence-electron chi connectivity index (χ2n) is 6.36. The van der Waals surface area contributed by atoms with Gasteiger partial charge in [0.05, 0.1) is 18.5 Å². The predicted octanol–water partition coefficient (Wildman–Crippen LogP) is 1.22. The molecule has 10 heteroatoms. The average Bonchev–Trinajstić information content (AvgIpc) is 3.22. The second kappa shape index (κ2) is 7.88. The number of carbonyl (C=O) groups excluding carboxylic acids is 2. The summed E-state index contributed by atoms with van der Waals surface area (Å²) in [6.07, 6.45) is 3.92. The molecule has 3 N–H and O–H groups in total. The summed E-state index contributed by atoms with van der Waals surface area (Å²) in [5, 5.41) is 17.2. The van der Waals surface area contributed by atoms with Crippen LogP contribution in [0.5, 0.6) is 0 Å². The molecule has 3 rings (SSSR count). The average molecular weight is 383 g/mol. The van der Waals surface area contributed by atoms with Gasteiger partial charge in [-0.2, -0.15) is 10.2 Å². The summed E-state index contributed by atoms with van der Waals surface area (Å²) >= 11 is 0. The maximum atomic E-state index is 12.5. The van der Waals surface area contributed by atoms with Crippen LogP contribution in [-0.4, -0.2) is 45.0 Å². The summed E-state index contributed by atoms with van der Waals surface area (Å²) in [4.78, 5) is 24.5. The van der Waals surface area contributed by atoms with Crippen molar-refractivity contribution in [3.8, 4) is 0 Å². The number of aromatic amines is 1. The van der Waals surface area contributed by atoms with Crippen LogP contribution in [0, 0.1) is 0 Å². The van der Waals surface area contributed by atoms with Gasteiger partial charge in [-0.05, 0) is 20.8 Å². The smallest absolute Gasteiger partial charge is 0.333 e. The van der Waals surface area contributed by atoms with Crippen molar-refractivity contribution in [2.75, 3.05) is 18.5 Å². The highest BCUT2D eigenvalue weighted by Crippen LogP contribution is 2.20. The molecular weight excluding hydrogens is 360 g/mol. The summed E-state index contributed by atoms with van der Waals surface area (Å²) in [6, 6.07) is 0. The van der Waals surface area contributed by atoms with Crippen molar-refractivity contribution in [2.24, 2.45) is 0 Å². The Hall–Kier alpha value is -2.39. The zero-order chi connectivity index (χ0) is 18.0. The molecule has 3 heterocycles. The fourth-order valence-electron chi connectivity index (χ4n) is 2.70. The van der Waals surface area contributed by atoms with Crippen LogP contribution < -0.4 is 10.6 Å². The third-order valence-electron chi connectivity index (χ3n) is 4.21. The maximum Gasteiger partial charge on any atom is 0.333 e. The molecule has 2 aromatic heterocycles. The van der Waals surface area contributed by atoms with E-state index in [0.29, 0.717) is 24.5 Å². The number of hydrogen-bond donors (Lipinski definition) is 3. The van der Waals surface area contributed by atoms with Gasteiger partial charge in [0.2, 0.25) is 0 Å². The van der Waals surface area contributed by atoms with Crippen LogP contribution in [0.15, 0.2) is 12.4 Å². The van der Waals surface area contributed by atoms with Gasteiger partial charge in [-0.25, -0.2) is 4.79 Å². The van der Waals surface area contributed by atoms with Gasteiger partial charge in [0.25, 0.3) is 5.91 Å². The number of carbonyl (C=O) groups is 2. The molecular formula is C16H23ClN6O3. The number of amides is 1. The Morgan fingerprint density at radius 2 is 2.19 bits per heavy atom. The van der Waals surface area contributed by atoms with Crippen molar-refractivity contribution in [1.82, 2.24) is 25.3 Å². The summed E-state index contributed by atoms with van der Waals surface area (Å²) in [5.41, 5.74) is 1.78. The lowest BCUT2D eigenvalue weighted by molar-refractivity contribution is -0.152. The Bertz CT molecular complexity index is 798. The number of nitrogens with zero attached hydrogens (tertiary/aromatic N) is 3. The highest BCUT2D eigenvalue weighted by molar-refractivity contribution is 6.04. The monoisotopic (exact) mass is 382 g/mol. The van der Waals surface area contributed by atoms with Crippen LogP contribution >= 0.6 is 12.4 Å². The first-order valence-corrected chi connectivity index (χ1v) is 8.24. The molecule has 0 saturated carbocycles. The van der Waals surface area contributed by atoms with E-state index in [-0.39, 0.29) is 24.3 Å². The molecule has 0 spiro atoms. The van der Waals surface area contributed by atoms with Crippen molar-refractivity contribution < 1.29 is 14.3 Å². The summed E-state index contributed by atoms with van der Waals surface area (Å²) in [5.74, 6) is -0.696. The summed E-state index contributed by atoms with van der Waals surface area (Å²) in [7, 11) is 0. The highest BCUT2D eigenvalue weighted by atomic mass is 35.5. The molecule has 2 aromatic rings. The third kappa shape index (κ3) is 3.73. The molecule has 0 saturated heterocycles. The molecule has 1 aliphatic rings. The van der Waals surface area contributed by atoms with E-state index in [1.807, 2.05) is 0 Å². The van der Waals surface area contributed by atoms with Crippen LogP contribution in [0.25, 0.3) is 0 Å². The van der Waals surface area contributed by atoms with Crippen molar-refractivity contribution in [3.05, 3.63) is 29.3 Å². The lowest BCUT2D eigenvalue weighted by atomic mass is 10.1. The van der Waals surface area contributed by atoms with Crippen LogP contribution in [0.3, 0.4) is 0 Å². The largest absolute Gasteiger partial charge is 0.464 e. The van der Waals surface area contributed by atoms with Gasteiger partial charge in [-0.1, -0.05) is 0 Å². The molecule has 0 atom stereocenters. The number of halogens is 1. The van der Waals surface area contributed by atoms with E-state index in [9.17, 15) is 9.59 Å². The fraction of sp³-hybridized carbons (Fsp3) is 0.500. The van der Waals surface area contributed by atoms with Crippen LogP contribution in [0.4, 0.5) is 5.69 Å². The van der Waals surface area contributed by atoms with E-state index in [1.165, 1.54) is 10.9 Å². The molecule has 0 fully saturated rings.